The number of halogens is 2. The van der Waals surface area contributed by atoms with E-state index in [2.05, 4.69) is 20.5 Å². The van der Waals surface area contributed by atoms with Gasteiger partial charge in [-0.3, -0.25) is 5.43 Å². The van der Waals surface area contributed by atoms with Crippen molar-refractivity contribution in [3.8, 4) is 5.75 Å². The zero-order valence-corrected chi connectivity index (χ0v) is 10.2. The number of hydrogen-bond acceptors (Lipinski definition) is 3. The number of guanidine groups is 1. The Bertz CT molecular complexity index is 393. The number of aliphatic imine (C=N–C) groups is 1. The Labute approximate surface area is 104 Å². The van der Waals surface area contributed by atoms with Crippen LogP contribution in [0.25, 0.3) is 0 Å². The van der Waals surface area contributed by atoms with Crippen LogP contribution in [0.2, 0.25) is 0 Å². The van der Waals surface area contributed by atoms with Crippen LogP contribution in [0.4, 0.5) is 14.5 Å². The van der Waals surface area contributed by atoms with Crippen LogP contribution in [0, 0.1) is 0 Å². The maximum absolute atomic E-state index is 11.9. The highest BCUT2D eigenvalue weighted by Crippen LogP contribution is 2.17. The molecular formula is C11H16F2N4O. The quantitative estimate of drug-likeness (QED) is 0.334. The Morgan fingerprint density at radius 2 is 1.89 bits per heavy atom. The molecule has 0 aliphatic carbocycles. The zero-order chi connectivity index (χ0) is 13.5. The minimum atomic E-state index is -2.83. The Morgan fingerprint density at radius 3 is 2.33 bits per heavy atom. The largest absolute Gasteiger partial charge is 0.435 e. The number of nitrogens with two attached hydrogens (primary N) is 1. The Balaban J connectivity index is 2.68. The van der Waals surface area contributed by atoms with Gasteiger partial charge in [0.15, 0.2) is 0 Å². The fraction of sp³-hybridized carbons (Fsp3) is 0.364. The van der Waals surface area contributed by atoms with Gasteiger partial charge in [-0.15, -0.1) is 0 Å². The summed E-state index contributed by atoms with van der Waals surface area (Å²) in [5, 5.41) is 2.91. The van der Waals surface area contributed by atoms with Crippen LogP contribution >= 0.6 is 0 Å². The molecule has 0 atom stereocenters. The first-order valence-corrected chi connectivity index (χ1v) is 5.37. The van der Waals surface area contributed by atoms with E-state index in [9.17, 15) is 8.78 Å². The van der Waals surface area contributed by atoms with Crippen molar-refractivity contribution in [2.75, 3.05) is 5.32 Å². The molecule has 1 aromatic carbocycles. The summed E-state index contributed by atoms with van der Waals surface area (Å²) < 4.78 is 28.1. The molecule has 4 N–H and O–H groups in total. The lowest BCUT2D eigenvalue weighted by molar-refractivity contribution is -0.0498. The SMILES string of the molecule is CC(C)N=C(NN)Nc1ccc(OC(F)F)cc1. The molecule has 0 amide bonds. The van der Waals surface area contributed by atoms with Crippen molar-refractivity contribution in [3.05, 3.63) is 24.3 Å². The molecule has 18 heavy (non-hydrogen) atoms. The fourth-order valence-corrected chi connectivity index (χ4v) is 1.22. The van der Waals surface area contributed by atoms with Crippen LogP contribution < -0.4 is 21.3 Å². The lowest BCUT2D eigenvalue weighted by Gasteiger charge is -2.11. The first kappa shape index (κ1) is 14.2. The average molecular weight is 258 g/mol. The molecule has 0 unspecified atom stereocenters. The molecule has 5 nitrogen and oxygen atoms in total. The Kier molecular flexibility index (Phi) is 5.31. The van der Waals surface area contributed by atoms with Crippen molar-refractivity contribution in [1.29, 1.82) is 0 Å². The van der Waals surface area contributed by atoms with Gasteiger partial charge in [0.05, 0.1) is 0 Å². The topological polar surface area (TPSA) is 71.7 Å². The average Bonchev–Trinajstić information content (AvgIpc) is 2.29. The van der Waals surface area contributed by atoms with Crippen LogP contribution in [-0.2, 0) is 0 Å². The standard InChI is InChI=1S/C11H16F2N4O/c1-7(2)15-11(17-14)16-8-3-5-9(6-4-8)18-10(12)13/h3-7,10H,14H2,1-2H3,(H2,15,16,17). The smallest absolute Gasteiger partial charge is 0.387 e. The van der Waals surface area contributed by atoms with Gasteiger partial charge >= 0.3 is 6.61 Å². The highest BCUT2D eigenvalue weighted by Gasteiger charge is 2.04. The number of benzene rings is 1. The van der Waals surface area contributed by atoms with Crippen molar-refractivity contribution in [2.45, 2.75) is 26.5 Å². The fourth-order valence-electron chi connectivity index (χ4n) is 1.22. The summed E-state index contributed by atoms with van der Waals surface area (Å²) in [6.45, 7) is 0.976. The van der Waals surface area contributed by atoms with Crippen molar-refractivity contribution >= 4 is 11.6 Å². The van der Waals surface area contributed by atoms with E-state index in [0.717, 1.165) is 0 Å². The zero-order valence-electron chi connectivity index (χ0n) is 10.2. The van der Waals surface area contributed by atoms with Gasteiger partial charge in [-0.05, 0) is 38.1 Å². The number of rotatable bonds is 4. The normalized spacial score (nSPS) is 11.8. The van der Waals surface area contributed by atoms with Crippen molar-refractivity contribution in [3.63, 3.8) is 0 Å². The maximum Gasteiger partial charge on any atom is 0.387 e. The molecule has 0 spiro atoms. The summed E-state index contributed by atoms with van der Waals surface area (Å²) in [6, 6.07) is 6.11. The van der Waals surface area contributed by atoms with Gasteiger partial charge in [0, 0.05) is 11.7 Å². The molecule has 0 aliphatic heterocycles. The predicted octanol–water partition coefficient (Wildman–Crippen LogP) is 1.93. The van der Waals surface area contributed by atoms with Gasteiger partial charge in [0.25, 0.3) is 0 Å². The third-order valence-electron chi connectivity index (χ3n) is 1.87. The monoisotopic (exact) mass is 258 g/mol. The van der Waals surface area contributed by atoms with E-state index in [4.69, 9.17) is 5.84 Å². The molecule has 7 heteroatoms. The Morgan fingerprint density at radius 1 is 1.28 bits per heavy atom. The van der Waals surface area contributed by atoms with Crippen LogP contribution in [0.5, 0.6) is 5.75 Å². The minimum Gasteiger partial charge on any atom is -0.435 e. The third-order valence-corrected chi connectivity index (χ3v) is 1.87. The molecule has 0 heterocycles. The number of nitrogens with one attached hydrogen (secondary N) is 2. The molecule has 0 aliphatic rings. The van der Waals surface area contributed by atoms with E-state index in [0.29, 0.717) is 11.6 Å². The predicted molar refractivity (Wildman–Crippen MR) is 66.6 cm³/mol. The number of ether oxygens (including phenoxy) is 1. The highest BCUT2D eigenvalue weighted by atomic mass is 19.3. The summed E-state index contributed by atoms with van der Waals surface area (Å²) in [4.78, 5) is 4.18. The second-order valence-corrected chi connectivity index (χ2v) is 3.74. The minimum absolute atomic E-state index is 0.0741. The first-order chi connectivity index (χ1) is 8.51. The lowest BCUT2D eigenvalue weighted by atomic mass is 10.3. The number of hydrogen-bond donors (Lipinski definition) is 3. The number of anilines is 1. The molecular weight excluding hydrogens is 242 g/mol. The Hall–Kier alpha value is -1.89. The van der Waals surface area contributed by atoms with E-state index >= 15 is 0 Å². The van der Waals surface area contributed by atoms with Gasteiger partial charge in [-0.25, -0.2) is 10.8 Å². The van der Waals surface area contributed by atoms with E-state index in [1.54, 1.807) is 12.1 Å². The molecule has 0 bridgehead atoms. The second-order valence-electron chi connectivity index (χ2n) is 3.74. The number of nitrogens with zero attached hydrogens (tertiary/aromatic N) is 1. The molecule has 0 saturated heterocycles. The summed E-state index contributed by atoms with van der Waals surface area (Å²) in [5.74, 6) is 5.79. The molecule has 0 saturated carbocycles. The van der Waals surface area contributed by atoms with Crippen molar-refractivity contribution < 1.29 is 13.5 Å². The number of hydrazine groups is 1. The summed E-state index contributed by atoms with van der Waals surface area (Å²) in [7, 11) is 0. The highest BCUT2D eigenvalue weighted by molar-refractivity contribution is 5.93. The van der Waals surface area contributed by atoms with E-state index < -0.39 is 6.61 Å². The molecule has 0 fully saturated rings. The lowest BCUT2D eigenvalue weighted by Crippen LogP contribution is -2.36. The van der Waals surface area contributed by atoms with Crippen LogP contribution in [-0.4, -0.2) is 18.6 Å². The summed E-state index contributed by atoms with van der Waals surface area (Å²) in [5.41, 5.74) is 3.08. The van der Waals surface area contributed by atoms with Crippen LogP contribution in [0.15, 0.2) is 29.3 Å². The van der Waals surface area contributed by atoms with Gasteiger partial charge in [-0.1, -0.05) is 0 Å². The molecule has 0 aromatic heterocycles. The first-order valence-electron chi connectivity index (χ1n) is 5.37. The van der Waals surface area contributed by atoms with Gasteiger partial charge < -0.3 is 10.1 Å². The van der Waals surface area contributed by atoms with Crippen molar-refractivity contribution in [2.24, 2.45) is 10.8 Å². The van der Waals surface area contributed by atoms with Gasteiger partial charge in [-0.2, -0.15) is 8.78 Å². The summed E-state index contributed by atoms with van der Waals surface area (Å²) in [6.07, 6.45) is 0. The molecule has 0 radical (unpaired) electrons. The molecule has 100 valence electrons. The van der Waals surface area contributed by atoms with E-state index in [-0.39, 0.29) is 11.8 Å². The molecule has 1 aromatic rings. The van der Waals surface area contributed by atoms with E-state index in [1.807, 2.05) is 13.8 Å². The third kappa shape index (κ3) is 4.96. The van der Waals surface area contributed by atoms with Crippen LogP contribution in [0.3, 0.4) is 0 Å². The van der Waals surface area contributed by atoms with Crippen LogP contribution in [0.1, 0.15) is 13.8 Å². The number of alkyl halides is 2. The summed E-state index contributed by atoms with van der Waals surface area (Å²) >= 11 is 0. The maximum atomic E-state index is 11.9. The van der Waals surface area contributed by atoms with Crippen molar-refractivity contribution in [1.82, 2.24) is 5.43 Å². The molecule has 1 rings (SSSR count). The second kappa shape index (κ2) is 6.75. The van der Waals surface area contributed by atoms with Gasteiger partial charge in [0.1, 0.15) is 5.75 Å². The van der Waals surface area contributed by atoms with E-state index in [1.165, 1.54) is 12.1 Å². The van der Waals surface area contributed by atoms with Gasteiger partial charge in [0.2, 0.25) is 5.96 Å².